The fraction of sp³-hybridized carbons (Fsp3) is 0.333. The van der Waals surface area contributed by atoms with Crippen molar-refractivity contribution in [1.29, 1.82) is 0 Å². The van der Waals surface area contributed by atoms with Crippen molar-refractivity contribution in [3.8, 4) is 0 Å². The Bertz CT molecular complexity index is 824. The number of halogens is 1. The maximum atomic E-state index is 12.8. The lowest BCUT2D eigenvalue weighted by molar-refractivity contribution is -0.136. The molecule has 25 heavy (non-hydrogen) atoms. The smallest absolute Gasteiger partial charge is 0.355 e. The largest absolute Gasteiger partial charge is 0.461 e. The summed E-state index contributed by atoms with van der Waals surface area (Å²) in [5.74, 6) is -3.51. The minimum Gasteiger partial charge on any atom is -0.461 e. The number of esters is 1. The maximum absolute atomic E-state index is 12.8. The Labute approximate surface area is 147 Å². The molecule has 9 nitrogen and oxygen atoms in total. The summed E-state index contributed by atoms with van der Waals surface area (Å²) in [5.41, 5.74) is 0.703. The van der Waals surface area contributed by atoms with Crippen molar-refractivity contribution in [1.82, 2.24) is 5.12 Å². The molecule has 0 unspecified atom stereocenters. The third kappa shape index (κ3) is 2.56. The molecule has 2 aliphatic heterocycles. The van der Waals surface area contributed by atoms with Gasteiger partial charge in [-0.25, -0.2) is 9.69 Å². The van der Waals surface area contributed by atoms with Gasteiger partial charge in [0.1, 0.15) is 5.92 Å². The highest BCUT2D eigenvalue weighted by Crippen LogP contribution is 2.36. The van der Waals surface area contributed by atoms with Crippen molar-refractivity contribution in [3.05, 3.63) is 33.7 Å². The number of carbonyl (C=O) groups excluding carboxylic acids is 3. The molecule has 130 valence electrons. The van der Waals surface area contributed by atoms with E-state index in [1.807, 2.05) is 0 Å². The van der Waals surface area contributed by atoms with Crippen molar-refractivity contribution in [3.63, 3.8) is 0 Å². The number of benzene rings is 1. The Kier molecular flexibility index (Phi) is 4.25. The van der Waals surface area contributed by atoms with E-state index in [0.29, 0.717) is 10.1 Å². The lowest BCUT2D eigenvalue weighted by Gasteiger charge is -2.17. The fourth-order valence-corrected chi connectivity index (χ4v) is 2.98. The number of amides is 2. The average Bonchev–Trinajstić information content (AvgIpc) is 3.08. The molecule has 3 rings (SSSR count). The van der Waals surface area contributed by atoms with Crippen LogP contribution in [-0.2, 0) is 19.1 Å². The molecule has 0 aromatic heterocycles. The number of nitroso groups, excluding NO2 is 1. The Hall–Kier alpha value is -2.81. The van der Waals surface area contributed by atoms with Gasteiger partial charge in [0.05, 0.1) is 17.6 Å². The van der Waals surface area contributed by atoms with Crippen LogP contribution in [0, 0.1) is 17.7 Å². The van der Waals surface area contributed by atoms with E-state index < -0.39 is 29.7 Å². The van der Waals surface area contributed by atoms with Gasteiger partial charge in [-0.15, -0.1) is 15.1 Å². The monoisotopic (exact) mass is 364 g/mol. The predicted molar refractivity (Wildman–Crippen MR) is 87.7 cm³/mol. The Morgan fingerprint density at radius 3 is 2.68 bits per heavy atom. The lowest BCUT2D eigenvalue weighted by Crippen LogP contribution is -2.36. The van der Waals surface area contributed by atoms with Gasteiger partial charge in [0.2, 0.25) is 5.91 Å². The molecule has 1 fully saturated rings. The molecular weight excluding hydrogens is 352 g/mol. The number of anilines is 1. The van der Waals surface area contributed by atoms with Crippen LogP contribution < -0.4 is 4.90 Å². The zero-order valence-electron chi connectivity index (χ0n) is 13.3. The summed E-state index contributed by atoms with van der Waals surface area (Å²) >= 11 is 6.06. The Morgan fingerprint density at radius 2 is 2.08 bits per heavy atom. The summed E-state index contributed by atoms with van der Waals surface area (Å²) < 4.78 is 4.84. The van der Waals surface area contributed by atoms with Gasteiger partial charge < -0.3 is 4.74 Å². The van der Waals surface area contributed by atoms with Gasteiger partial charge in [0, 0.05) is 5.02 Å². The van der Waals surface area contributed by atoms with E-state index in [4.69, 9.17) is 16.3 Å². The molecule has 1 aromatic carbocycles. The van der Waals surface area contributed by atoms with Crippen molar-refractivity contribution in [2.75, 3.05) is 11.5 Å². The molecule has 1 saturated heterocycles. The molecular formula is C15H13ClN4O5. The van der Waals surface area contributed by atoms with E-state index in [1.54, 1.807) is 26.0 Å². The van der Waals surface area contributed by atoms with Crippen molar-refractivity contribution < 1.29 is 19.1 Å². The molecule has 2 aliphatic rings. The first kappa shape index (κ1) is 17.0. The Morgan fingerprint density at radius 1 is 1.36 bits per heavy atom. The van der Waals surface area contributed by atoms with Gasteiger partial charge in [0.25, 0.3) is 5.91 Å². The number of imide groups is 1. The number of carbonyl (C=O) groups is 3. The van der Waals surface area contributed by atoms with Crippen molar-refractivity contribution >= 4 is 40.8 Å². The third-order valence-electron chi connectivity index (χ3n) is 4.01. The number of nitrogens with zero attached hydrogens (tertiary/aromatic N) is 4. The van der Waals surface area contributed by atoms with Crippen LogP contribution in [-0.4, -0.2) is 41.3 Å². The number of aryl methyl sites for hydroxylation is 1. The molecule has 0 aliphatic carbocycles. The molecule has 2 heterocycles. The topological polar surface area (TPSA) is 109 Å². The van der Waals surface area contributed by atoms with Gasteiger partial charge in [-0.3, -0.25) is 9.59 Å². The minimum atomic E-state index is -1.30. The van der Waals surface area contributed by atoms with E-state index in [0.717, 1.165) is 10.5 Å². The molecule has 2 amide bonds. The van der Waals surface area contributed by atoms with Crippen LogP contribution in [0.25, 0.3) is 0 Å². The fourth-order valence-electron chi connectivity index (χ4n) is 2.81. The molecule has 0 spiro atoms. The molecule has 1 aromatic rings. The van der Waals surface area contributed by atoms with Crippen LogP contribution in [0.1, 0.15) is 12.5 Å². The molecule has 2 atom stereocenters. The molecule has 0 radical (unpaired) electrons. The van der Waals surface area contributed by atoms with Crippen LogP contribution in [0.2, 0.25) is 5.02 Å². The van der Waals surface area contributed by atoms with Crippen LogP contribution in [0.15, 0.2) is 28.6 Å². The lowest BCUT2D eigenvalue weighted by atomic mass is 9.98. The van der Waals surface area contributed by atoms with Gasteiger partial charge in [0.15, 0.2) is 11.8 Å². The quantitative estimate of drug-likeness (QED) is 0.454. The van der Waals surface area contributed by atoms with E-state index in [9.17, 15) is 19.3 Å². The first-order valence-corrected chi connectivity index (χ1v) is 7.80. The van der Waals surface area contributed by atoms with Gasteiger partial charge in [-0.05, 0) is 31.5 Å². The zero-order valence-corrected chi connectivity index (χ0v) is 14.1. The van der Waals surface area contributed by atoms with Crippen molar-refractivity contribution in [2.24, 2.45) is 16.3 Å². The second kappa shape index (κ2) is 6.25. The van der Waals surface area contributed by atoms with Crippen LogP contribution in [0.4, 0.5) is 5.69 Å². The number of rotatable bonds is 4. The molecule has 0 bridgehead atoms. The summed E-state index contributed by atoms with van der Waals surface area (Å²) in [7, 11) is 0. The van der Waals surface area contributed by atoms with E-state index >= 15 is 0 Å². The zero-order chi connectivity index (χ0) is 18.3. The summed E-state index contributed by atoms with van der Waals surface area (Å²) in [6.45, 7) is 3.42. The summed E-state index contributed by atoms with van der Waals surface area (Å²) in [6, 6.07) is 3.37. The first-order valence-electron chi connectivity index (χ1n) is 7.42. The number of ether oxygens (including phenoxy) is 1. The molecule has 10 heteroatoms. The normalized spacial score (nSPS) is 22.1. The summed E-state index contributed by atoms with van der Waals surface area (Å²) in [6.07, 6.45) is 0. The van der Waals surface area contributed by atoms with Crippen LogP contribution in [0.5, 0.6) is 0 Å². The average molecular weight is 365 g/mol. The number of hydrogen-bond acceptors (Lipinski definition) is 7. The van der Waals surface area contributed by atoms with Crippen molar-refractivity contribution in [2.45, 2.75) is 19.9 Å². The van der Waals surface area contributed by atoms with Gasteiger partial charge in [-0.2, -0.15) is 0 Å². The SMILES string of the molecule is CCOC(=O)C1=NN(N=O)[C@H]2C(=O)N(c3ccc(C)c(Cl)c3)C(=O)[C@@H]12. The maximum Gasteiger partial charge on any atom is 0.355 e. The number of hydrazone groups is 1. The van der Waals surface area contributed by atoms with Crippen LogP contribution >= 0.6 is 11.6 Å². The first-order chi connectivity index (χ1) is 11.9. The summed E-state index contributed by atoms with van der Waals surface area (Å²) in [5, 5.41) is 7.21. The second-order valence-corrected chi connectivity index (χ2v) is 5.88. The standard InChI is InChI=1S/C15H13ClN4O5/c1-3-25-15(23)11-10-12(20(17-11)18-24)14(22)19(13(10)21)8-5-4-7(2)9(16)6-8/h4-6,10,12H,3H2,1-2H3/t10-,12+/m0/s1. The Balaban J connectivity index is 2.02. The number of fused-ring (bicyclic) bond motifs is 1. The second-order valence-electron chi connectivity index (χ2n) is 5.48. The van der Waals surface area contributed by atoms with E-state index in [2.05, 4.69) is 10.4 Å². The highest BCUT2D eigenvalue weighted by molar-refractivity contribution is 6.46. The van der Waals surface area contributed by atoms with Crippen LogP contribution in [0.3, 0.4) is 0 Å². The molecule has 0 N–H and O–H groups in total. The van der Waals surface area contributed by atoms with Gasteiger partial charge >= 0.3 is 5.97 Å². The number of hydrogen-bond donors (Lipinski definition) is 0. The van der Waals surface area contributed by atoms with Gasteiger partial charge in [-0.1, -0.05) is 17.7 Å². The van der Waals surface area contributed by atoms with E-state index in [-0.39, 0.29) is 18.0 Å². The highest BCUT2D eigenvalue weighted by Gasteiger charge is 2.59. The highest BCUT2D eigenvalue weighted by atomic mass is 35.5. The predicted octanol–water partition coefficient (Wildman–Crippen LogP) is 1.42. The molecule has 0 saturated carbocycles. The van der Waals surface area contributed by atoms with E-state index in [1.165, 1.54) is 6.07 Å². The minimum absolute atomic E-state index is 0.0587. The third-order valence-corrected chi connectivity index (χ3v) is 4.42. The summed E-state index contributed by atoms with van der Waals surface area (Å²) in [4.78, 5) is 49.3.